The van der Waals surface area contributed by atoms with Crippen LogP contribution >= 0.6 is 11.8 Å². The first kappa shape index (κ1) is 14.7. The zero-order valence-corrected chi connectivity index (χ0v) is 14.1. The topological polar surface area (TPSA) is 89.2 Å². The predicted octanol–water partition coefficient (Wildman–Crippen LogP) is 2.00. The van der Waals surface area contributed by atoms with Crippen molar-refractivity contribution in [3.05, 3.63) is 30.1 Å². The quantitative estimate of drug-likeness (QED) is 0.849. The molecule has 0 spiro atoms. The van der Waals surface area contributed by atoms with Crippen molar-refractivity contribution < 1.29 is 8.42 Å². The van der Waals surface area contributed by atoms with Gasteiger partial charge >= 0.3 is 0 Å². The highest BCUT2D eigenvalue weighted by molar-refractivity contribution is 8.00. The molecular formula is C14H15N5O2S2. The molecule has 0 atom stereocenters. The first-order valence-electron chi connectivity index (χ1n) is 7.26. The van der Waals surface area contributed by atoms with E-state index in [0.717, 1.165) is 11.0 Å². The summed E-state index contributed by atoms with van der Waals surface area (Å²) < 4.78 is 30.2. The van der Waals surface area contributed by atoms with Gasteiger partial charge in [0.2, 0.25) is 0 Å². The number of nitrogens with one attached hydrogen (secondary N) is 1. The number of thioether (sulfide) groups is 1. The van der Waals surface area contributed by atoms with Crippen LogP contribution in [0, 0.1) is 0 Å². The second kappa shape index (κ2) is 5.34. The Balaban J connectivity index is 1.53. The van der Waals surface area contributed by atoms with E-state index in [9.17, 15) is 8.42 Å². The minimum absolute atomic E-state index is 0.212. The number of anilines is 1. The third-order valence-electron chi connectivity index (χ3n) is 3.82. The van der Waals surface area contributed by atoms with Gasteiger partial charge in [0.25, 0.3) is 10.0 Å². The summed E-state index contributed by atoms with van der Waals surface area (Å²) in [6.07, 6.45) is 2.33. The van der Waals surface area contributed by atoms with Crippen LogP contribution in [0.25, 0.3) is 0 Å². The van der Waals surface area contributed by atoms with Crippen LogP contribution in [0.3, 0.4) is 0 Å². The highest BCUT2D eigenvalue weighted by Gasteiger charge is 2.29. The average Bonchev–Trinajstić information content (AvgIpc) is 3.29. The van der Waals surface area contributed by atoms with Gasteiger partial charge in [-0.2, -0.15) is 8.42 Å². The van der Waals surface area contributed by atoms with Gasteiger partial charge in [0, 0.05) is 13.0 Å². The summed E-state index contributed by atoms with van der Waals surface area (Å²) >= 11 is 1.43. The number of rotatable bonds is 4. The van der Waals surface area contributed by atoms with Crippen LogP contribution in [0.5, 0.6) is 0 Å². The molecule has 7 nitrogen and oxygen atoms in total. The molecule has 1 N–H and O–H groups in total. The zero-order chi connectivity index (χ0) is 16.0. The molecule has 1 aliphatic heterocycles. The Bertz CT molecular complexity index is 900. The summed E-state index contributed by atoms with van der Waals surface area (Å²) in [6.45, 7) is 0. The lowest BCUT2D eigenvalue weighted by atomic mass is 10.3. The first-order chi connectivity index (χ1) is 11.0. The van der Waals surface area contributed by atoms with Gasteiger partial charge in [0.1, 0.15) is 16.6 Å². The van der Waals surface area contributed by atoms with Crippen molar-refractivity contribution in [2.24, 2.45) is 11.4 Å². The Labute approximate surface area is 138 Å². The van der Waals surface area contributed by atoms with Gasteiger partial charge in [-0.1, -0.05) is 23.9 Å². The third-order valence-corrected chi connectivity index (χ3v) is 6.23. The summed E-state index contributed by atoms with van der Waals surface area (Å²) in [7, 11) is -1.69. The number of amidine groups is 1. The van der Waals surface area contributed by atoms with Gasteiger partial charge in [-0.05, 0) is 25.0 Å². The van der Waals surface area contributed by atoms with Crippen molar-refractivity contribution in [2.75, 3.05) is 11.1 Å². The fourth-order valence-electron chi connectivity index (χ4n) is 2.51. The van der Waals surface area contributed by atoms with Gasteiger partial charge in [-0.25, -0.2) is 0 Å². The van der Waals surface area contributed by atoms with Crippen LogP contribution in [0.15, 0.2) is 38.7 Å². The van der Waals surface area contributed by atoms with Crippen molar-refractivity contribution in [1.29, 1.82) is 0 Å². The lowest BCUT2D eigenvalue weighted by Crippen LogP contribution is -2.23. The Kier molecular flexibility index (Phi) is 3.42. The van der Waals surface area contributed by atoms with Crippen LogP contribution in [0.4, 0.5) is 5.69 Å². The number of benzene rings is 1. The number of fused-ring (bicyclic) bond motifs is 1. The molecule has 2 aromatic rings. The second-order valence-electron chi connectivity index (χ2n) is 5.60. The van der Waals surface area contributed by atoms with Gasteiger partial charge in [0.05, 0.1) is 11.4 Å². The molecule has 2 heterocycles. The first-order valence-corrected chi connectivity index (χ1v) is 9.69. The van der Waals surface area contributed by atoms with Gasteiger partial charge in [-0.3, -0.25) is 0 Å². The molecule has 1 fully saturated rings. The maximum atomic E-state index is 12.2. The molecule has 2 aliphatic rings. The Morgan fingerprint density at radius 1 is 1.30 bits per heavy atom. The largest absolute Gasteiger partial charge is 0.341 e. The van der Waals surface area contributed by atoms with E-state index in [4.69, 9.17) is 0 Å². The molecule has 0 saturated heterocycles. The van der Waals surface area contributed by atoms with E-state index in [1.165, 1.54) is 24.6 Å². The molecule has 0 radical (unpaired) electrons. The van der Waals surface area contributed by atoms with Crippen molar-refractivity contribution in [2.45, 2.75) is 28.8 Å². The normalized spacial score (nSPS) is 18.9. The van der Waals surface area contributed by atoms with Crippen molar-refractivity contribution >= 4 is 33.3 Å². The molecule has 23 heavy (non-hydrogen) atoms. The zero-order valence-electron chi connectivity index (χ0n) is 12.4. The van der Waals surface area contributed by atoms with E-state index in [-0.39, 0.29) is 4.90 Å². The molecule has 4 rings (SSSR count). The number of sulfonamides is 1. The lowest BCUT2D eigenvalue weighted by Gasteiger charge is -2.17. The van der Waals surface area contributed by atoms with Crippen LogP contribution in [-0.4, -0.2) is 34.8 Å². The monoisotopic (exact) mass is 349 g/mol. The van der Waals surface area contributed by atoms with E-state index < -0.39 is 10.0 Å². The predicted molar refractivity (Wildman–Crippen MR) is 88.4 cm³/mol. The molecule has 0 bridgehead atoms. The Morgan fingerprint density at radius 2 is 2.09 bits per heavy atom. The third kappa shape index (κ3) is 2.74. The molecule has 1 aliphatic carbocycles. The maximum Gasteiger partial charge on any atom is 0.286 e. The highest BCUT2D eigenvalue weighted by atomic mass is 32.2. The van der Waals surface area contributed by atoms with Crippen molar-refractivity contribution in [1.82, 2.24) is 14.8 Å². The SMILES string of the molecule is Cn1c(SCC2=NS(=O)(=O)c3ccccc3N2)nnc1C1CC1. The van der Waals surface area contributed by atoms with Crippen molar-refractivity contribution in [3.63, 3.8) is 0 Å². The lowest BCUT2D eigenvalue weighted by molar-refractivity contribution is 0.598. The highest BCUT2D eigenvalue weighted by Crippen LogP contribution is 2.39. The van der Waals surface area contributed by atoms with E-state index >= 15 is 0 Å². The van der Waals surface area contributed by atoms with E-state index in [0.29, 0.717) is 23.2 Å². The van der Waals surface area contributed by atoms with Crippen LogP contribution < -0.4 is 5.32 Å². The van der Waals surface area contributed by atoms with E-state index in [2.05, 4.69) is 19.9 Å². The molecule has 0 unspecified atom stereocenters. The summed E-state index contributed by atoms with van der Waals surface area (Å²) in [6, 6.07) is 6.77. The van der Waals surface area contributed by atoms with Crippen LogP contribution in [0.2, 0.25) is 0 Å². The van der Waals surface area contributed by atoms with Crippen molar-refractivity contribution in [3.8, 4) is 0 Å². The number of para-hydroxylation sites is 1. The molecule has 1 aromatic heterocycles. The minimum atomic E-state index is -3.63. The molecule has 9 heteroatoms. The van der Waals surface area contributed by atoms with Gasteiger partial charge in [0.15, 0.2) is 5.16 Å². The molecule has 120 valence electrons. The molecular weight excluding hydrogens is 334 g/mol. The summed E-state index contributed by atoms with van der Waals surface area (Å²) in [4.78, 5) is 0.212. The maximum absolute atomic E-state index is 12.2. The standard InChI is InChI=1S/C14H15N5O2S2/c1-19-13(9-6-7-9)16-17-14(19)22-8-12-15-10-4-2-3-5-11(10)23(20,21)18-12/h2-5,9H,6-8H2,1H3,(H,15,18). The number of hydrogen-bond donors (Lipinski definition) is 1. The van der Waals surface area contributed by atoms with Gasteiger partial charge in [-0.15, -0.1) is 14.6 Å². The second-order valence-corrected chi connectivity index (χ2v) is 8.11. The van der Waals surface area contributed by atoms with Crippen LogP contribution in [0.1, 0.15) is 24.6 Å². The molecule has 1 aromatic carbocycles. The minimum Gasteiger partial charge on any atom is -0.341 e. The number of hydrogen-bond acceptors (Lipinski definition) is 6. The van der Waals surface area contributed by atoms with Crippen LogP contribution in [-0.2, 0) is 17.1 Å². The fourth-order valence-corrected chi connectivity index (χ4v) is 4.53. The number of aromatic nitrogens is 3. The van der Waals surface area contributed by atoms with E-state index in [1.54, 1.807) is 24.3 Å². The Hall–Kier alpha value is -1.87. The molecule has 1 saturated carbocycles. The summed E-state index contributed by atoms with van der Waals surface area (Å²) in [5.41, 5.74) is 0.565. The fraction of sp³-hybridized carbons (Fsp3) is 0.357. The Morgan fingerprint density at radius 3 is 2.87 bits per heavy atom. The van der Waals surface area contributed by atoms with Gasteiger partial charge < -0.3 is 9.88 Å². The average molecular weight is 349 g/mol. The molecule has 0 amide bonds. The van der Waals surface area contributed by atoms with E-state index in [1.807, 2.05) is 11.6 Å². The summed E-state index contributed by atoms with van der Waals surface area (Å²) in [5.74, 6) is 2.33. The summed E-state index contributed by atoms with van der Waals surface area (Å²) in [5, 5.41) is 12.3. The smallest absolute Gasteiger partial charge is 0.286 e. The number of nitrogens with zero attached hydrogens (tertiary/aromatic N) is 4.